The zero-order chi connectivity index (χ0) is 12.8. The summed E-state index contributed by atoms with van der Waals surface area (Å²) in [6.45, 7) is 2.16. The maximum atomic E-state index is 11.4. The van der Waals surface area contributed by atoms with Crippen LogP contribution in [0.2, 0.25) is 0 Å². The Bertz CT molecular complexity index is 513. The molecule has 7 heteroatoms. The lowest BCUT2D eigenvalue weighted by atomic mass is 10.2. The van der Waals surface area contributed by atoms with Crippen molar-refractivity contribution < 1.29 is 9.72 Å². The number of carbonyl (C=O) groups is 1. The summed E-state index contributed by atoms with van der Waals surface area (Å²) in [5.41, 5.74) is -0.0661. The van der Waals surface area contributed by atoms with Gasteiger partial charge in [-0.05, 0) is 19.1 Å². The number of hydrogen-bond donors (Lipinski definition) is 1. The summed E-state index contributed by atoms with van der Waals surface area (Å²) in [7, 11) is 0. The second kappa shape index (κ2) is 5.77. The Morgan fingerprint density at radius 1 is 1.71 bits per heavy atom. The van der Waals surface area contributed by atoms with E-state index >= 15 is 0 Å². The number of nitriles is 1. The van der Waals surface area contributed by atoms with Crippen molar-refractivity contribution in [1.82, 2.24) is 5.32 Å². The van der Waals surface area contributed by atoms with E-state index in [4.69, 9.17) is 5.26 Å². The predicted molar refractivity (Wildman–Crippen MR) is 63.2 cm³/mol. The fourth-order valence-corrected chi connectivity index (χ4v) is 1.83. The highest BCUT2D eigenvalue weighted by Crippen LogP contribution is 2.25. The van der Waals surface area contributed by atoms with Crippen LogP contribution in [0.5, 0.6) is 0 Å². The van der Waals surface area contributed by atoms with Crippen molar-refractivity contribution in [2.45, 2.75) is 6.92 Å². The Balaban J connectivity index is 2.95. The maximum Gasteiger partial charge on any atom is 0.324 e. The summed E-state index contributed by atoms with van der Waals surface area (Å²) < 4.78 is 0. The van der Waals surface area contributed by atoms with Gasteiger partial charge < -0.3 is 5.32 Å². The third kappa shape index (κ3) is 3.39. The first-order chi connectivity index (χ1) is 8.08. The van der Waals surface area contributed by atoms with Crippen LogP contribution in [0.4, 0.5) is 5.00 Å². The van der Waals surface area contributed by atoms with E-state index in [0.29, 0.717) is 11.4 Å². The second-order valence-corrected chi connectivity index (χ2v) is 4.06. The minimum Gasteiger partial charge on any atom is -0.352 e. The molecule has 1 N–H and O–H groups in total. The summed E-state index contributed by atoms with van der Waals surface area (Å²) >= 11 is 0.914. The van der Waals surface area contributed by atoms with E-state index in [-0.39, 0.29) is 10.6 Å². The molecule has 0 bridgehead atoms. The highest BCUT2D eigenvalue weighted by Gasteiger charge is 2.11. The molecule has 1 aromatic rings. The fraction of sp³-hybridized carbons (Fsp3) is 0.200. The minimum atomic E-state index is -0.514. The molecule has 0 aliphatic carbocycles. The third-order valence-corrected chi connectivity index (χ3v) is 2.77. The van der Waals surface area contributed by atoms with Crippen LogP contribution in [0.25, 0.3) is 6.08 Å². The molecule has 0 spiro atoms. The van der Waals surface area contributed by atoms with Gasteiger partial charge >= 0.3 is 5.00 Å². The van der Waals surface area contributed by atoms with Crippen LogP contribution in [-0.2, 0) is 4.79 Å². The summed E-state index contributed by atoms with van der Waals surface area (Å²) in [6.07, 6.45) is 1.34. The Kier molecular flexibility index (Phi) is 4.37. The molecule has 0 saturated carbocycles. The van der Waals surface area contributed by atoms with E-state index in [1.807, 2.05) is 0 Å². The molecule has 1 aromatic heterocycles. The highest BCUT2D eigenvalue weighted by atomic mass is 32.1. The number of nitrogens with zero attached hydrogens (tertiary/aromatic N) is 2. The van der Waals surface area contributed by atoms with Gasteiger partial charge in [0.05, 0.1) is 4.92 Å². The molecule has 0 saturated heterocycles. The molecular formula is C10H9N3O3S. The van der Waals surface area contributed by atoms with Crippen LogP contribution >= 0.6 is 11.3 Å². The third-order valence-electron chi connectivity index (χ3n) is 1.78. The van der Waals surface area contributed by atoms with Crippen LogP contribution in [0, 0.1) is 21.4 Å². The topological polar surface area (TPSA) is 96.0 Å². The van der Waals surface area contributed by atoms with Crippen molar-refractivity contribution in [2.24, 2.45) is 0 Å². The SMILES string of the molecule is CCNC(=O)/C(C#N)=C/c1ccc([N+](=O)[O-])s1. The van der Waals surface area contributed by atoms with Gasteiger partial charge in [-0.15, -0.1) is 0 Å². The number of thiophene rings is 1. The number of hydrogen-bond acceptors (Lipinski definition) is 5. The Morgan fingerprint density at radius 3 is 2.88 bits per heavy atom. The molecule has 0 radical (unpaired) electrons. The second-order valence-electron chi connectivity index (χ2n) is 2.96. The average Bonchev–Trinajstić information content (AvgIpc) is 2.74. The minimum absolute atomic E-state index is 0.0237. The maximum absolute atomic E-state index is 11.4. The number of amides is 1. The van der Waals surface area contributed by atoms with E-state index in [1.54, 1.807) is 13.0 Å². The number of rotatable bonds is 4. The van der Waals surface area contributed by atoms with Crippen molar-refractivity contribution in [3.8, 4) is 6.07 Å². The largest absolute Gasteiger partial charge is 0.352 e. The molecule has 0 unspecified atom stereocenters. The van der Waals surface area contributed by atoms with Crippen molar-refractivity contribution in [1.29, 1.82) is 5.26 Å². The van der Waals surface area contributed by atoms with Crippen LogP contribution in [0.15, 0.2) is 17.7 Å². The average molecular weight is 251 g/mol. The number of likely N-dealkylation sites (N-methyl/N-ethyl adjacent to an activating group) is 1. The van der Waals surface area contributed by atoms with Gasteiger partial charge in [-0.3, -0.25) is 14.9 Å². The predicted octanol–water partition coefficient (Wildman–Crippen LogP) is 1.70. The summed E-state index contributed by atoms with van der Waals surface area (Å²) in [4.78, 5) is 21.8. The van der Waals surface area contributed by atoms with Gasteiger partial charge in [-0.2, -0.15) is 5.26 Å². The molecule has 0 aliphatic heterocycles. The Labute approximate surface area is 101 Å². The van der Waals surface area contributed by atoms with Crippen LogP contribution < -0.4 is 5.32 Å². The van der Waals surface area contributed by atoms with E-state index < -0.39 is 10.8 Å². The van der Waals surface area contributed by atoms with Gasteiger partial charge in [0.15, 0.2) is 0 Å². The molecule has 0 atom stereocenters. The smallest absolute Gasteiger partial charge is 0.324 e. The van der Waals surface area contributed by atoms with Gasteiger partial charge in [0.2, 0.25) is 0 Å². The quantitative estimate of drug-likeness (QED) is 0.381. The molecule has 88 valence electrons. The zero-order valence-corrected chi connectivity index (χ0v) is 9.78. The molecule has 1 rings (SSSR count). The molecule has 0 aliphatic rings. The van der Waals surface area contributed by atoms with Crippen molar-refractivity contribution >= 4 is 28.3 Å². The lowest BCUT2D eigenvalue weighted by molar-refractivity contribution is -0.380. The Hall–Kier alpha value is -2.20. The van der Waals surface area contributed by atoms with Crippen LogP contribution in [0.3, 0.4) is 0 Å². The normalized spacial score (nSPS) is 10.7. The van der Waals surface area contributed by atoms with E-state index in [0.717, 1.165) is 11.3 Å². The summed E-state index contributed by atoms with van der Waals surface area (Å²) in [5, 5.41) is 21.7. The Morgan fingerprint density at radius 2 is 2.41 bits per heavy atom. The molecule has 0 fully saturated rings. The van der Waals surface area contributed by atoms with Crippen molar-refractivity contribution in [2.75, 3.05) is 6.54 Å². The van der Waals surface area contributed by atoms with Gasteiger partial charge in [-0.25, -0.2) is 0 Å². The lowest BCUT2D eigenvalue weighted by Crippen LogP contribution is -2.23. The monoisotopic (exact) mass is 251 g/mol. The first kappa shape index (κ1) is 12.9. The van der Waals surface area contributed by atoms with Crippen molar-refractivity contribution in [3.05, 3.63) is 32.7 Å². The molecular weight excluding hydrogens is 242 g/mol. The first-order valence-electron chi connectivity index (χ1n) is 4.72. The van der Waals surface area contributed by atoms with E-state index in [9.17, 15) is 14.9 Å². The zero-order valence-electron chi connectivity index (χ0n) is 8.97. The van der Waals surface area contributed by atoms with Crippen LogP contribution in [-0.4, -0.2) is 17.4 Å². The van der Waals surface area contributed by atoms with Gasteiger partial charge in [0.1, 0.15) is 11.6 Å². The number of nitro groups is 1. The standard InChI is InChI=1S/C10H9N3O3S/c1-2-12-10(14)7(6-11)5-8-3-4-9(17-8)13(15)16/h3-5H,2H2,1H3,(H,12,14)/b7-5+. The molecule has 1 amide bonds. The van der Waals surface area contributed by atoms with Gasteiger partial charge in [-0.1, -0.05) is 11.3 Å². The van der Waals surface area contributed by atoms with Gasteiger partial charge in [0.25, 0.3) is 5.91 Å². The summed E-state index contributed by atoms with van der Waals surface area (Å²) in [6, 6.07) is 4.60. The number of carbonyl (C=O) groups excluding carboxylic acids is 1. The van der Waals surface area contributed by atoms with Crippen molar-refractivity contribution in [3.63, 3.8) is 0 Å². The molecule has 1 heterocycles. The lowest BCUT2D eigenvalue weighted by Gasteiger charge is -1.98. The molecule has 17 heavy (non-hydrogen) atoms. The number of nitrogens with one attached hydrogen (secondary N) is 1. The molecule has 0 aromatic carbocycles. The fourth-order valence-electron chi connectivity index (χ4n) is 1.06. The van der Waals surface area contributed by atoms with Crippen LogP contribution in [0.1, 0.15) is 11.8 Å². The van der Waals surface area contributed by atoms with E-state index in [2.05, 4.69) is 5.32 Å². The first-order valence-corrected chi connectivity index (χ1v) is 5.54. The highest BCUT2D eigenvalue weighted by molar-refractivity contribution is 7.16. The van der Waals surface area contributed by atoms with Gasteiger partial charge in [0, 0.05) is 17.5 Å². The van der Waals surface area contributed by atoms with E-state index in [1.165, 1.54) is 18.2 Å². The molecule has 6 nitrogen and oxygen atoms in total. The summed E-state index contributed by atoms with van der Waals surface area (Å²) in [5.74, 6) is -0.481.